The zero-order valence-electron chi connectivity index (χ0n) is 47.1. The lowest BCUT2D eigenvalue weighted by Crippen LogP contribution is -2.26. The Balaban J connectivity index is 1.00. The number of nitrogens with zero attached hydrogens (tertiary/aromatic N) is 7. The van der Waals surface area contributed by atoms with Gasteiger partial charge in [-0.25, -0.2) is 4.99 Å². The quantitative estimate of drug-likeness (QED) is 0.153. The van der Waals surface area contributed by atoms with Crippen LogP contribution in [0.2, 0.25) is 0 Å². The first kappa shape index (κ1) is 47.9. The van der Waals surface area contributed by atoms with Crippen molar-refractivity contribution < 1.29 is 0 Å². The van der Waals surface area contributed by atoms with Gasteiger partial charge in [-0.1, -0.05) is 194 Å². The third-order valence-corrected chi connectivity index (χ3v) is 18.5. The van der Waals surface area contributed by atoms with Crippen LogP contribution in [0.5, 0.6) is 0 Å². The fourth-order valence-corrected chi connectivity index (χ4v) is 15.0. The molecule has 0 fully saturated rings. The zero-order chi connectivity index (χ0) is 56.8. The normalized spacial score (nSPS) is 15.2. The molecule has 2 aliphatic rings. The van der Waals surface area contributed by atoms with E-state index >= 15 is 0 Å². The van der Waals surface area contributed by atoms with Gasteiger partial charge in [0.25, 0.3) is 0 Å². The number of benzene rings is 12. The summed E-state index contributed by atoms with van der Waals surface area (Å²) in [7, 11) is 0. The molecule has 0 saturated carbocycles. The lowest BCUT2D eigenvalue weighted by atomic mass is 9.85. The highest BCUT2D eigenvalue weighted by Crippen LogP contribution is 2.51. The molecule has 19 rings (SSSR count). The van der Waals surface area contributed by atoms with Crippen LogP contribution in [0, 0.1) is 5.92 Å². The molecule has 2 unspecified atom stereocenters. The van der Waals surface area contributed by atoms with Gasteiger partial charge in [-0.15, -0.1) is 0 Å². The van der Waals surface area contributed by atoms with Crippen LogP contribution in [0.1, 0.15) is 17.2 Å². The van der Waals surface area contributed by atoms with Crippen molar-refractivity contribution in [1.29, 1.82) is 0 Å². The highest BCUT2D eigenvalue weighted by molar-refractivity contribution is 6.40. The summed E-state index contributed by atoms with van der Waals surface area (Å²) in [5, 5.41) is 12.0. The third-order valence-electron chi connectivity index (χ3n) is 18.5. The molecule has 17 aromatic rings. The molecular weight excluding hydrogens is 1060 g/mol. The Hall–Kier alpha value is -11.5. The van der Waals surface area contributed by atoms with Crippen LogP contribution >= 0.6 is 0 Å². The van der Waals surface area contributed by atoms with E-state index in [9.17, 15) is 0 Å². The van der Waals surface area contributed by atoms with E-state index in [0.29, 0.717) is 0 Å². The summed E-state index contributed by atoms with van der Waals surface area (Å²) >= 11 is 0. The van der Waals surface area contributed by atoms with Crippen LogP contribution in [-0.4, -0.2) is 34.4 Å². The fraction of sp³-hybridized carbons (Fsp3) is 0.0250. The van der Waals surface area contributed by atoms with Crippen molar-refractivity contribution in [3.8, 4) is 28.4 Å². The molecule has 0 radical (unpaired) electrons. The summed E-state index contributed by atoms with van der Waals surface area (Å²) in [6.07, 6.45) is 8.74. The van der Waals surface area contributed by atoms with Crippen LogP contribution in [0.3, 0.4) is 0 Å². The molecule has 1 aliphatic carbocycles. The minimum absolute atomic E-state index is 0.109. The third kappa shape index (κ3) is 6.88. The maximum Gasteiger partial charge on any atom is 0.155 e. The van der Waals surface area contributed by atoms with Crippen LogP contribution in [0.15, 0.2) is 307 Å². The van der Waals surface area contributed by atoms with Crippen LogP contribution in [-0.2, 0) is 0 Å². The van der Waals surface area contributed by atoms with E-state index in [0.717, 1.165) is 84.2 Å². The largest absolute Gasteiger partial charge is 0.309 e. The summed E-state index contributed by atoms with van der Waals surface area (Å²) in [6, 6.07) is 100.0. The van der Waals surface area contributed by atoms with Gasteiger partial charge < -0.3 is 22.8 Å². The molecule has 7 nitrogen and oxygen atoms in total. The number of amidine groups is 1. The van der Waals surface area contributed by atoms with Crippen molar-refractivity contribution >= 4 is 121 Å². The highest BCUT2D eigenvalue weighted by Gasteiger charge is 2.34. The molecule has 0 N–H and O–H groups in total. The van der Waals surface area contributed by atoms with Crippen molar-refractivity contribution in [1.82, 2.24) is 22.8 Å². The smallest absolute Gasteiger partial charge is 0.155 e. The van der Waals surface area contributed by atoms with Gasteiger partial charge in [-0.2, -0.15) is 0 Å². The van der Waals surface area contributed by atoms with E-state index in [1.807, 2.05) is 0 Å². The Kier molecular flexibility index (Phi) is 10.2. The summed E-state index contributed by atoms with van der Waals surface area (Å²) in [5.74, 6) is 0.624. The van der Waals surface area contributed by atoms with Crippen molar-refractivity contribution in [2.45, 2.75) is 6.04 Å². The predicted octanol–water partition coefficient (Wildman–Crippen LogP) is 19.9. The Morgan fingerprint density at radius 3 is 1.13 bits per heavy atom. The summed E-state index contributed by atoms with van der Waals surface area (Å²) < 4.78 is 12.6. The Morgan fingerprint density at radius 1 is 0.287 bits per heavy atom. The minimum Gasteiger partial charge on any atom is -0.309 e. The van der Waals surface area contributed by atoms with Gasteiger partial charge in [0.15, 0.2) is 5.84 Å². The predicted molar refractivity (Wildman–Crippen MR) is 363 cm³/mol. The minimum atomic E-state index is -0.323. The number of para-hydroxylation sites is 8. The summed E-state index contributed by atoms with van der Waals surface area (Å²) in [4.78, 5) is 11.1. The Bertz CT molecular complexity index is 5800. The first-order chi connectivity index (χ1) is 43.2. The topological polar surface area (TPSA) is 49.4 Å². The molecule has 0 spiro atoms. The van der Waals surface area contributed by atoms with Crippen molar-refractivity contribution in [3.05, 3.63) is 308 Å². The average molecular weight is 1110 g/mol. The van der Waals surface area contributed by atoms with E-state index in [1.54, 1.807) is 0 Å². The van der Waals surface area contributed by atoms with Gasteiger partial charge in [0.2, 0.25) is 0 Å². The number of rotatable bonds is 7. The first-order valence-corrected chi connectivity index (χ1v) is 30.0. The lowest BCUT2D eigenvalue weighted by molar-refractivity contribution is 0.640. The monoisotopic (exact) mass is 1110 g/mol. The van der Waals surface area contributed by atoms with Crippen LogP contribution < -0.4 is 0 Å². The second-order valence-electron chi connectivity index (χ2n) is 23.2. The van der Waals surface area contributed by atoms with Gasteiger partial charge in [0.05, 0.1) is 66.9 Å². The van der Waals surface area contributed by atoms with Crippen molar-refractivity contribution in [2.24, 2.45) is 15.9 Å². The van der Waals surface area contributed by atoms with Crippen LogP contribution in [0.4, 0.5) is 0 Å². The fourth-order valence-electron chi connectivity index (χ4n) is 15.0. The molecule has 406 valence electrons. The van der Waals surface area contributed by atoms with E-state index in [4.69, 9.17) is 9.98 Å². The molecule has 5 aromatic heterocycles. The number of fused-ring (bicyclic) bond motifs is 19. The SMILES string of the molecule is C1=CC2=NC(c3ccccc3)=NC(c3cc(-n4c5ccccc5c5cc6c(cc54)c4ccccc4n6-c4ccccc4)cc(-n4c5ccccc5c5c6c(c7ccccc7n6-c6ccccc6)c6c(c7ccccc7n6-c6ccccc6)c54)c3)C2C=C1. The molecule has 7 heteroatoms. The Labute approximate surface area is 499 Å². The van der Waals surface area contributed by atoms with Gasteiger partial charge in [-0.3, -0.25) is 4.99 Å². The number of allylic oxidation sites excluding steroid dienone is 3. The van der Waals surface area contributed by atoms with E-state index < -0.39 is 0 Å². The number of aliphatic imine (C=N–C) groups is 2. The molecular formula is C80H51N7. The second-order valence-corrected chi connectivity index (χ2v) is 23.2. The number of hydrogen-bond donors (Lipinski definition) is 0. The summed E-state index contributed by atoms with van der Waals surface area (Å²) in [6.45, 7) is 0. The van der Waals surface area contributed by atoms with E-state index in [1.165, 1.54) is 75.9 Å². The molecule has 0 amide bonds. The molecule has 87 heavy (non-hydrogen) atoms. The molecule has 12 aromatic carbocycles. The maximum absolute atomic E-state index is 5.76. The van der Waals surface area contributed by atoms with Crippen LogP contribution in [0.25, 0.3) is 137 Å². The first-order valence-electron chi connectivity index (χ1n) is 30.0. The Morgan fingerprint density at radius 2 is 0.655 bits per heavy atom. The van der Waals surface area contributed by atoms with E-state index in [2.05, 4.69) is 320 Å². The lowest BCUT2D eigenvalue weighted by Gasteiger charge is -2.29. The van der Waals surface area contributed by atoms with Crippen molar-refractivity contribution in [3.63, 3.8) is 0 Å². The van der Waals surface area contributed by atoms with E-state index in [-0.39, 0.29) is 12.0 Å². The standard InChI is InChI=1S/C80H51N7/c1-5-25-50(26-6-1)80-81-65-39-19-13-35-59(65)76(82-80)51-45-55(84-67-41-21-15-34-58(67)64-48-71-63(49-72(64)84)57-33-14-20-40-66(57)83(71)52-27-7-2-8-28-52)47-56(46-51)87-70-44-24-18-38-62(70)75-78-73(60-36-16-22-42-68(60)85(78)53-29-9-3-10-30-53)77-74(79(75)87)61-37-17-23-43-69(61)86(77)54-31-11-4-12-32-54/h1-49,59,76H. The zero-order valence-corrected chi connectivity index (χ0v) is 47.1. The van der Waals surface area contributed by atoms with Gasteiger partial charge in [0, 0.05) is 93.8 Å². The summed E-state index contributed by atoms with van der Waals surface area (Å²) in [5.41, 5.74) is 20.0. The van der Waals surface area contributed by atoms with Gasteiger partial charge >= 0.3 is 0 Å². The molecule has 6 heterocycles. The van der Waals surface area contributed by atoms with Crippen molar-refractivity contribution in [2.75, 3.05) is 0 Å². The highest BCUT2D eigenvalue weighted by atomic mass is 15.1. The molecule has 1 aliphatic heterocycles. The molecule has 0 saturated heterocycles. The second kappa shape index (κ2) is 18.5. The number of hydrogen-bond acceptors (Lipinski definition) is 2. The average Bonchev–Trinajstić information content (AvgIpc) is 1.54. The van der Waals surface area contributed by atoms with Gasteiger partial charge in [0.1, 0.15) is 0 Å². The number of aromatic nitrogens is 5. The molecule has 2 atom stereocenters. The maximum atomic E-state index is 5.76. The molecule has 0 bridgehead atoms. The van der Waals surface area contributed by atoms with Gasteiger partial charge in [-0.05, 0) is 109 Å².